The number of benzene rings is 1. The normalized spacial score (nSPS) is 12.7. The molecule has 8 heteroatoms. The second-order valence-corrected chi connectivity index (χ2v) is 5.36. The predicted octanol–water partition coefficient (Wildman–Crippen LogP) is 0.567. The van der Waals surface area contributed by atoms with Gasteiger partial charge in [-0.1, -0.05) is 0 Å². The quantitative estimate of drug-likeness (QED) is 0.618. The van der Waals surface area contributed by atoms with Crippen LogP contribution in [-0.4, -0.2) is 18.7 Å². The number of sulfone groups is 1. The summed E-state index contributed by atoms with van der Waals surface area (Å²) >= 11 is 0. The molecule has 1 aromatic carbocycles. The molecule has 7 nitrogen and oxygen atoms in total. The van der Waals surface area contributed by atoms with Crippen LogP contribution in [0.4, 0.5) is 5.69 Å². The molecule has 0 aliphatic carbocycles. The number of rotatable bonds is 4. The van der Waals surface area contributed by atoms with Crippen LogP contribution in [0.2, 0.25) is 0 Å². The summed E-state index contributed by atoms with van der Waals surface area (Å²) in [6.45, 7) is 0. The fourth-order valence-electron chi connectivity index (χ4n) is 1.13. The molecule has 0 bridgehead atoms. The number of non-ortho nitro benzene ring substituents is 1. The van der Waals surface area contributed by atoms with E-state index in [1.807, 2.05) is 0 Å². The minimum Gasteiger partial charge on any atom is -0.314 e. The molecule has 0 aliphatic rings. The Morgan fingerprint density at radius 3 is 2.35 bits per heavy atom. The predicted molar refractivity (Wildman–Crippen MR) is 58.5 cm³/mol. The molecule has 0 aliphatic heterocycles. The van der Waals surface area contributed by atoms with E-state index >= 15 is 0 Å². The largest absolute Gasteiger partial charge is 0.314 e. The third-order valence-corrected chi connectivity index (χ3v) is 3.96. The van der Waals surface area contributed by atoms with E-state index in [0.29, 0.717) is 0 Å². The van der Waals surface area contributed by atoms with Gasteiger partial charge in [0.2, 0.25) is 0 Å². The molecule has 2 N–H and O–H groups in total. The number of nitrogens with zero attached hydrogens (tertiary/aromatic N) is 2. The van der Waals surface area contributed by atoms with Crippen LogP contribution in [0.5, 0.6) is 0 Å². The van der Waals surface area contributed by atoms with Crippen LogP contribution in [0.25, 0.3) is 0 Å². The van der Waals surface area contributed by atoms with Crippen molar-refractivity contribution in [2.75, 3.05) is 0 Å². The third-order valence-electron chi connectivity index (χ3n) is 2.07. The van der Waals surface area contributed by atoms with Gasteiger partial charge in [0.05, 0.1) is 22.3 Å². The SMILES string of the molecule is N#CCC(N)S(=O)(=O)c1ccc([N+](=O)[O-])cc1. The molecule has 1 atom stereocenters. The van der Waals surface area contributed by atoms with E-state index in [1.165, 1.54) is 0 Å². The molecule has 0 heterocycles. The monoisotopic (exact) mass is 255 g/mol. The van der Waals surface area contributed by atoms with Gasteiger partial charge in [-0.05, 0) is 12.1 Å². The first kappa shape index (κ1) is 13.1. The number of nitriles is 1. The molecule has 1 unspecified atom stereocenters. The Hall–Kier alpha value is -1.98. The summed E-state index contributed by atoms with van der Waals surface area (Å²) in [6, 6.07) is 6.02. The first-order valence-electron chi connectivity index (χ1n) is 4.50. The van der Waals surface area contributed by atoms with E-state index in [2.05, 4.69) is 0 Å². The molecule has 1 aromatic rings. The van der Waals surface area contributed by atoms with Crippen molar-refractivity contribution in [3.05, 3.63) is 34.4 Å². The van der Waals surface area contributed by atoms with E-state index in [-0.39, 0.29) is 17.0 Å². The second-order valence-electron chi connectivity index (χ2n) is 3.20. The van der Waals surface area contributed by atoms with Crippen LogP contribution in [0, 0.1) is 21.4 Å². The summed E-state index contributed by atoms with van der Waals surface area (Å²) in [6.07, 6.45) is -0.334. The maximum atomic E-state index is 11.8. The van der Waals surface area contributed by atoms with Crippen molar-refractivity contribution in [2.24, 2.45) is 5.73 Å². The Morgan fingerprint density at radius 1 is 1.41 bits per heavy atom. The smallest absolute Gasteiger partial charge is 0.269 e. The Bertz CT molecular complexity index is 559. The van der Waals surface area contributed by atoms with Crippen molar-refractivity contribution >= 4 is 15.5 Å². The van der Waals surface area contributed by atoms with E-state index in [1.54, 1.807) is 6.07 Å². The van der Waals surface area contributed by atoms with E-state index in [0.717, 1.165) is 24.3 Å². The first-order chi connectivity index (χ1) is 7.89. The minimum atomic E-state index is -3.81. The lowest BCUT2D eigenvalue weighted by molar-refractivity contribution is -0.384. The molecule has 0 aromatic heterocycles. The summed E-state index contributed by atoms with van der Waals surface area (Å²) in [7, 11) is -3.81. The number of hydrogen-bond acceptors (Lipinski definition) is 6. The molecule has 1 rings (SSSR count). The molecule has 0 saturated heterocycles. The van der Waals surface area contributed by atoms with Gasteiger partial charge in [0, 0.05) is 12.1 Å². The molecule has 0 saturated carbocycles. The van der Waals surface area contributed by atoms with Gasteiger partial charge >= 0.3 is 0 Å². The average Bonchev–Trinajstić information content (AvgIpc) is 2.29. The molecule has 0 spiro atoms. The van der Waals surface area contributed by atoms with Crippen molar-refractivity contribution in [1.82, 2.24) is 0 Å². The van der Waals surface area contributed by atoms with E-state index in [4.69, 9.17) is 11.0 Å². The first-order valence-corrected chi connectivity index (χ1v) is 6.05. The lowest BCUT2D eigenvalue weighted by Gasteiger charge is -2.08. The van der Waals surface area contributed by atoms with E-state index < -0.39 is 20.1 Å². The summed E-state index contributed by atoms with van der Waals surface area (Å²) in [5.74, 6) is 0. The summed E-state index contributed by atoms with van der Waals surface area (Å²) in [4.78, 5) is 9.62. The Kier molecular flexibility index (Phi) is 3.77. The molecule has 0 radical (unpaired) electrons. The van der Waals surface area contributed by atoms with Crippen LogP contribution in [0.3, 0.4) is 0 Å². The summed E-state index contributed by atoms with van der Waals surface area (Å²) in [5.41, 5.74) is 5.14. The van der Waals surface area contributed by atoms with Crippen molar-refractivity contribution in [3.8, 4) is 6.07 Å². The Balaban J connectivity index is 3.09. The highest BCUT2D eigenvalue weighted by atomic mass is 32.2. The van der Waals surface area contributed by atoms with Gasteiger partial charge in [0.15, 0.2) is 9.84 Å². The highest BCUT2D eigenvalue weighted by molar-refractivity contribution is 7.92. The number of nitro groups is 1. The van der Waals surface area contributed by atoms with Crippen molar-refractivity contribution in [3.63, 3.8) is 0 Å². The number of nitro benzene ring substituents is 1. The number of nitrogens with two attached hydrogens (primary N) is 1. The van der Waals surface area contributed by atoms with Gasteiger partial charge in [-0.2, -0.15) is 5.26 Å². The van der Waals surface area contributed by atoms with Gasteiger partial charge < -0.3 is 5.73 Å². The van der Waals surface area contributed by atoms with Crippen LogP contribution in [0.1, 0.15) is 6.42 Å². The van der Waals surface area contributed by atoms with Crippen LogP contribution >= 0.6 is 0 Å². The summed E-state index contributed by atoms with van der Waals surface area (Å²) in [5, 5.41) is 17.4. The Morgan fingerprint density at radius 2 is 1.94 bits per heavy atom. The van der Waals surface area contributed by atoms with Crippen molar-refractivity contribution in [1.29, 1.82) is 5.26 Å². The molecular formula is C9H9N3O4S. The highest BCUT2D eigenvalue weighted by Crippen LogP contribution is 2.19. The average molecular weight is 255 g/mol. The zero-order chi connectivity index (χ0) is 13.1. The van der Waals surface area contributed by atoms with Gasteiger partial charge in [-0.15, -0.1) is 0 Å². The fraction of sp³-hybridized carbons (Fsp3) is 0.222. The summed E-state index contributed by atoms with van der Waals surface area (Å²) < 4.78 is 23.5. The molecule has 0 fully saturated rings. The van der Waals surface area contributed by atoms with Crippen LogP contribution in [0.15, 0.2) is 29.2 Å². The molecule has 90 valence electrons. The zero-order valence-electron chi connectivity index (χ0n) is 8.61. The maximum absolute atomic E-state index is 11.8. The van der Waals surface area contributed by atoms with Gasteiger partial charge in [0.1, 0.15) is 5.37 Å². The topological polar surface area (TPSA) is 127 Å². The van der Waals surface area contributed by atoms with E-state index in [9.17, 15) is 18.5 Å². The molecular weight excluding hydrogens is 246 g/mol. The van der Waals surface area contributed by atoms with Crippen molar-refractivity contribution < 1.29 is 13.3 Å². The van der Waals surface area contributed by atoms with Crippen LogP contribution < -0.4 is 5.73 Å². The van der Waals surface area contributed by atoms with Crippen molar-refractivity contribution in [2.45, 2.75) is 16.7 Å². The molecule has 17 heavy (non-hydrogen) atoms. The van der Waals surface area contributed by atoms with Gasteiger partial charge in [-0.25, -0.2) is 8.42 Å². The number of hydrogen-bond donors (Lipinski definition) is 1. The maximum Gasteiger partial charge on any atom is 0.269 e. The van der Waals surface area contributed by atoms with Gasteiger partial charge in [0.25, 0.3) is 5.69 Å². The minimum absolute atomic E-state index is 0.133. The van der Waals surface area contributed by atoms with Crippen LogP contribution in [-0.2, 0) is 9.84 Å². The second kappa shape index (κ2) is 4.90. The lowest BCUT2D eigenvalue weighted by Crippen LogP contribution is -2.30. The standard InChI is InChI=1S/C9H9N3O4S/c10-6-5-9(11)17(15,16)8-3-1-7(2-4-8)12(13)14/h1-4,9H,5,11H2. The lowest BCUT2D eigenvalue weighted by atomic mass is 10.3. The van der Waals surface area contributed by atoms with Gasteiger partial charge in [-0.3, -0.25) is 10.1 Å². The molecule has 0 amide bonds. The highest BCUT2D eigenvalue weighted by Gasteiger charge is 2.24. The fourth-order valence-corrected chi connectivity index (χ4v) is 2.29. The zero-order valence-corrected chi connectivity index (χ0v) is 9.42. The third kappa shape index (κ3) is 2.77. The Labute approximate surface area is 97.5 Å².